The van der Waals surface area contributed by atoms with Crippen LogP contribution in [0.15, 0.2) is 30.5 Å². The van der Waals surface area contributed by atoms with Crippen LogP contribution in [-0.4, -0.2) is 26.6 Å². The molecule has 8 heteroatoms. The summed E-state index contributed by atoms with van der Waals surface area (Å²) in [5, 5.41) is 8.12. The maximum atomic E-state index is 12.7. The fourth-order valence-electron chi connectivity index (χ4n) is 2.81. The second kappa shape index (κ2) is 6.09. The first-order valence-corrected chi connectivity index (χ1v) is 8.88. The molecule has 0 aliphatic heterocycles. The third-order valence-electron chi connectivity index (χ3n) is 3.93. The molecule has 3 aromatic rings. The Balaban J connectivity index is 1.73. The Morgan fingerprint density at radius 2 is 2.08 bits per heavy atom. The first-order valence-electron chi connectivity index (χ1n) is 7.68. The summed E-state index contributed by atoms with van der Waals surface area (Å²) in [4.78, 5) is 29.3. The van der Waals surface area contributed by atoms with Crippen LogP contribution >= 0.6 is 22.9 Å². The zero-order valence-corrected chi connectivity index (χ0v) is 14.8. The molecule has 1 N–H and O–H groups in total. The van der Waals surface area contributed by atoms with Gasteiger partial charge in [0, 0.05) is 13.1 Å². The molecule has 126 valence electrons. The summed E-state index contributed by atoms with van der Waals surface area (Å²) in [6.45, 7) is 1.45. The average Bonchev–Trinajstić information content (AvgIpc) is 3.16. The fourth-order valence-corrected chi connectivity index (χ4v) is 4.10. The normalized spacial score (nSPS) is 12.4. The molecule has 0 spiro atoms. The van der Waals surface area contributed by atoms with Crippen LogP contribution in [0.5, 0.6) is 0 Å². The van der Waals surface area contributed by atoms with E-state index in [0.29, 0.717) is 15.7 Å². The van der Waals surface area contributed by atoms with E-state index in [4.69, 9.17) is 11.6 Å². The van der Waals surface area contributed by atoms with Crippen molar-refractivity contribution < 1.29 is 9.59 Å². The van der Waals surface area contributed by atoms with Gasteiger partial charge in [0.25, 0.3) is 5.91 Å². The number of halogens is 1. The Kier molecular flexibility index (Phi) is 3.89. The predicted molar refractivity (Wildman–Crippen MR) is 96.2 cm³/mol. The number of carbonyl (C=O) groups is 2. The van der Waals surface area contributed by atoms with E-state index in [9.17, 15) is 9.59 Å². The van der Waals surface area contributed by atoms with E-state index in [1.165, 1.54) is 22.9 Å². The second-order valence-corrected chi connectivity index (χ2v) is 7.11. The summed E-state index contributed by atoms with van der Waals surface area (Å²) in [5.41, 5.74) is 3.05. The second-order valence-electron chi connectivity index (χ2n) is 5.71. The van der Waals surface area contributed by atoms with Crippen molar-refractivity contribution in [2.75, 3.05) is 5.32 Å². The lowest BCUT2D eigenvalue weighted by Gasteiger charge is -2.07. The van der Waals surface area contributed by atoms with Crippen molar-refractivity contribution in [3.05, 3.63) is 52.3 Å². The van der Waals surface area contributed by atoms with Gasteiger partial charge in [0.2, 0.25) is 5.91 Å². The number of rotatable bonds is 2. The zero-order valence-electron chi connectivity index (χ0n) is 13.2. The molecule has 1 aromatic carbocycles. The summed E-state index contributed by atoms with van der Waals surface area (Å²) < 4.78 is 1.33. The van der Waals surface area contributed by atoms with Crippen LogP contribution in [-0.2, 0) is 17.6 Å². The van der Waals surface area contributed by atoms with Crippen LogP contribution in [0.25, 0.3) is 10.6 Å². The van der Waals surface area contributed by atoms with Gasteiger partial charge in [-0.15, -0.1) is 0 Å². The maximum Gasteiger partial charge on any atom is 0.279 e. The summed E-state index contributed by atoms with van der Waals surface area (Å²) in [5.74, 6) is -0.432. The lowest BCUT2D eigenvalue weighted by molar-refractivity contribution is -0.114. The quantitative estimate of drug-likeness (QED) is 0.747. The summed E-state index contributed by atoms with van der Waals surface area (Å²) in [7, 11) is 0. The number of anilines is 1. The number of fused-ring (bicyclic) bond motifs is 3. The van der Waals surface area contributed by atoms with E-state index in [1.54, 1.807) is 30.5 Å². The van der Waals surface area contributed by atoms with Crippen LogP contribution in [0.4, 0.5) is 5.13 Å². The lowest BCUT2D eigenvalue weighted by Crippen LogP contribution is -2.13. The molecule has 1 aliphatic rings. The topological polar surface area (TPSA) is 76.9 Å². The minimum atomic E-state index is -0.270. The number of nitrogens with zero attached hydrogens (tertiary/aromatic N) is 3. The third-order valence-corrected chi connectivity index (χ3v) is 5.28. The maximum absolute atomic E-state index is 12.7. The van der Waals surface area contributed by atoms with Crippen molar-refractivity contribution in [3.8, 4) is 10.6 Å². The standard InChI is InChI=1S/C17H13ClN4O2S/c1-9(23)19-17-20-13-7-6-10-8-22(21-14(10)15(13)25-17)16(24)11-4-2-3-5-12(11)18/h2-5,8H,6-7H2,1H3,(H,19,20,23). The Morgan fingerprint density at radius 3 is 2.84 bits per heavy atom. The van der Waals surface area contributed by atoms with Crippen LogP contribution in [0.2, 0.25) is 5.02 Å². The molecule has 0 saturated heterocycles. The van der Waals surface area contributed by atoms with Gasteiger partial charge in [-0.2, -0.15) is 5.10 Å². The van der Waals surface area contributed by atoms with E-state index in [1.807, 2.05) is 0 Å². The minimum Gasteiger partial charge on any atom is -0.302 e. The molecular weight excluding hydrogens is 360 g/mol. The smallest absolute Gasteiger partial charge is 0.279 e. The molecular formula is C17H13ClN4O2S. The first kappa shape index (κ1) is 16.0. The number of thiazole rings is 1. The highest BCUT2D eigenvalue weighted by atomic mass is 35.5. The Hall–Kier alpha value is -2.51. The van der Waals surface area contributed by atoms with Crippen LogP contribution in [0, 0.1) is 0 Å². The van der Waals surface area contributed by atoms with Gasteiger partial charge in [0.05, 0.1) is 21.2 Å². The largest absolute Gasteiger partial charge is 0.302 e. The van der Waals surface area contributed by atoms with Crippen LogP contribution < -0.4 is 5.32 Å². The number of hydrogen-bond donors (Lipinski definition) is 1. The van der Waals surface area contributed by atoms with Crippen molar-refractivity contribution in [2.24, 2.45) is 0 Å². The van der Waals surface area contributed by atoms with E-state index in [2.05, 4.69) is 15.4 Å². The molecule has 0 atom stereocenters. The molecule has 0 fully saturated rings. The molecule has 0 saturated carbocycles. The van der Waals surface area contributed by atoms with Gasteiger partial charge in [-0.1, -0.05) is 35.1 Å². The third kappa shape index (κ3) is 2.85. The van der Waals surface area contributed by atoms with Crippen molar-refractivity contribution in [2.45, 2.75) is 19.8 Å². The fraction of sp³-hybridized carbons (Fsp3) is 0.176. The molecule has 1 aliphatic carbocycles. The van der Waals surface area contributed by atoms with Gasteiger partial charge in [-0.05, 0) is 30.5 Å². The lowest BCUT2D eigenvalue weighted by atomic mass is 10.0. The van der Waals surface area contributed by atoms with Crippen molar-refractivity contribution in [1.82, 2.24) is 14.8 Å². The highest BCUT2D eigenvalue weighted by Gasteiger charge is 2.26. The van der Waals surface area contributed by atoms with Gasteiger partial charge in [-0.3, -0.25) is 9.59 Å². The monoisotopic (exact) mass is 372 g/mol. The van der Waals surface area contributed by atoms with E-state index in [-0.39, 0.29) is 11.8 Å². The number of carbonyl (C=O) groups excluding carboxylic acids is 2. The van der Waals surface area contributed by atoms with Crippen LogP contribution in [0.1, 0.15) is 28.5 Å². The molecule has 6 nitrogen and oxygen atoms in total. The van der Waals surface area contributed by atoms with Crippen molar-refractivity contribution in [3.63, 3.8) is 0 Å². The Bertz CT molecular complexity index is 1010. The molecule has 0 unspecified atom stereocenters. The molecule has 1 amide bonds. The molecule has 4 rings (SSSR count). The molecule has 0 radical (unpaired) electrons. The Labute approximate surface area is 152 Å². The van der Waals surface area contributed by atoms with E-state index in [0.717, 1.165) is 34.7 Å². The number of benzene rings is 1. The SMILES string of the molecule is CC(=O)Nc1nc2c(s1)-c1nn(C(=O)c3ccccc3Cl)cc1CC2. The first-order chi connectivity index (χ1) is 12.0. The molecule has 2 aromatic heterocycles. The summed E-state index contributed by atoms with van der Waals surface area (Å²) in [6.07, 6.45) is 3.26. The number of nitrogens with one attached hydrogen (secondary N) is 1. The summed E-state index contributed by atoms with van der Waals surface area (Å²) >= 11 is 7.49. The molecule has 2 heterocycles. The van der Waals surface area contributed by atoms with Crippen molar-refractivity contribution in [1.29, 1.82) is 0 Å². The minimum absolute atomic E-state index is 0.161. The van der Waals surface area contributed by atoms with Crippen LogP contribution in [0.3, 0.4) is 0 Å². The number of amides is 1. The van der Waals surface area contributed by atoms with Crippen molar-refractivity contribution >= 4 is 39.9 Å². The number of hydrogen-bond acceptors (Lipinski definition) is 5. The summed E-state index contributed by atoms with van der Waals surface area (Å²) in [6, 6.07) is 6.90. The van der Waals surface area contributed by atoms with Gasteiger partial charge in [0.1, 0.15) is 5.69 Å². The van der Waals surface area contributed by atoms with Gasteiger partial charge >= 0.3 is 0 Å². The average molecular weight is 373 g/mol. The highest BCUT2D eigenvalue weighted by Crippen LogP contribution is 2.38. The van der Waals surface area contributed by atoms with Gasteiger partial charge < -0.3 is 5.32 Å². The zero-order chi connectivity index (χ0) is 17.6. The molecule has 0 bridgehead atoms. The number of aromatic nitrogens is 3. The highest BCUT2D eigenvalue weighted by molar-refractivity contribution is 7.19. The van der Waals surface area contributed by atoms with Gasteiger partial charge in [0.15, 0.2) is 5.13 Å². The van der Waals surface area contributed by atoms with E-state index >= 15 is 0 Å². The Morgan fingerprint density at radius 1 is 1.28 bits per heavy atom. The number of aryl methyl sites for hydroxylation is 2. The van der Waals surface area contributed by atoms with Gasteiger partial charge in [-0.25, -0.2) is 9.67 Å². The molecule has 25 heavy (non-hydrogen) atoms. The predicted octanol–water partition coefficient (Wildman–Crippen LogP) is 3.41. The van der Waals surface area contributed by atoms with E-state index < -0.39 is 0 Å².